The summed E-state index contributed by atoms with van der Waals surface area (Å²) in [6.07, 6.45) is 6.55. The predicted octanol–water partition coefficient (Wildman–Crippen LogP) is 1.27. The number of likely N-dealkylation sites (tertiary alicyclic amines) is 1. The number of aromatic amines is 1. The molecule has 24 heteroatoms. The largest absolute Gasteiger partial charge is 0.472 e. The van der Waals surface area contributed by atoms with Gasteiger partial charge in [-0.3, -0.25) is 42.6 Å². The molecular weight excluding hydrogens is 928 g/mol. The number of thiol groups is 1. The zero-order valence-electron chi connectivity index (χ0n) is 40.1. The first-order chi connectivity index (χ1) is 32.3. The van der Waals surface area contributed by atoms with E-state index in [0.29, 0.717) is 37.9 Å². The van der Waals surface area contributed by atoms with Crippen molar-refractivity contribution in [3.63, 3.8) is 0 Å². The van der Waals surface area contributed by atoms with Crippen molar-refractivity contribution < 1.29 is 66.6 Å². The van der Waals surface area contributed by atoms with Gasteiger partial charge in [-0.1, -0.05) is 39.5 Å². The number of nitrogens with zero attached hydrogens (tertiary/aromatic N) is 2. The highest BCUT2D eigenvalue weighted by Gasteiger charge is 2.38. The Bertz CT molecular complexity index is 1760. The number of amides is 5. The van der Waals surface area contributed by atoms with Crippen LogP contribution in [-0.2, 0) is 63.1 Å². The second-order valence-corrected chi connectivity index (χ2v) is 19.3. The average molecular weight is 1010 g/mol. The molecule has 8 atom stereocenters. The fourth-order valence-corrected chi connectivity index (χ4v) is 8.61. The summed E-state index contributed by atoms with van der Waals surface area (Å²) in [6.45, 7) is 7.94. The van der Waals surface area contributed by atoms with Crippen molar-refractivity contribution in [2.75, 3.05) is 58.5 Å². The Morgan fingerprint density at radius 3 is 2.24 bits per heavy atom. The quantitative estimate of drug-likeness (QED) is 0.0256. The van der Waals surface area contributed by atoms with Gasteiger partial charge in [0.25, 0.3) is 0 Å². The van der Waals surface area contributed by atoms with Gasteiger partial charge in [0.2, 0.25) is 29.5 Å². The van der Waals surface area contributed by atoms with Crippen molar-refractivity contribution in [3.05, 3.63) is 18.2 Å². The predicted molar refractivity (Wildman–Crippen MR) is 254 cm³/mol. The van der Waals surface area contributed by atoms with E-state index in [-0.39, 0.29) is 95.4 Å². The number of rotatable bonds is 38. The molecule has 1 aliphatic rings. The lowest BCUT2D eigenvalue weighted by Gasteiger charge is -2.28. The minimum atomic E-state index is -4.63. The fraction of sp³-hybridized carbons (Fsp3) is 0.773. The van der Waals surface area contributed by atoms with E-state index in [9.17, 15) is 43.0 Å². The van der Waals surface area contributed by atoms with Gasteiger partial charge in [0.1, 0.15) is 6.04 Å². The van der Waals surface area contributed by atoms with E-state index >= 15 is 0 Å². The summed E-state index contributed by atoms with van der Waals surface area (Å²) in [5.41, 5.74) is 11.7. The molecule has 0 spiro atoms. The molecule has 2 unspecified atom stereocenters. The Balaban J connectivity index is 2.00. The number of nitrogens with two attached hydrogens (primary N) is 2. The number of hydrogen-bond acceptors (Lipinski definition) is 16. The number of phosphoric ester groups is 1. The Hall–Kier alpha value is -3.80. The molecule has 0 bridgehead atoms. The molecular formula is C44H77N8O14PS. The van der Waals surface area contributed by atoms with Crippen LogP contribution in [0.2, 0.25) is 0 Å². The summed E-state index contributed by atoms with van der Waals surface area (Å²) < 4.78 is 33.9. The lowest BCUT2D eigenvalue weighted by Crippen LogP contribution is -2.52. The van der Waals surface area contributed by atoms with Gasteiger partial charge in [-0.15, -0.1) is 0 Å². The zero-order chi connectivity index (χ0) is 50.6. The number of phosphoric acid groups is 1. The Morgan fingerprint density at radius 2 is 1.60 bits per heavy atom. The van der Waals surface area contributed by atoms with Crippen molar-refractivity contribution in [3.8, 4) is 0 Å². The fourth-order valence-electron chi connectivity index (χ4n) is 7.46. The molecule has 1 aromatic heterocycles. The molecule has 0 saturated carbocycles. The molecule has 5 amide bonds. The van der Waals surface area contributed by atoms with Gasteiger partial charge in [0, 0.05) is 56.6 Å². The molecule has 2 rings (SSSR count). The molecule has 388 valence electrons. The van der Waals surface area contributed by atoms with Gasteiger partial charge in [-0.05, 0) is 51.9 Å². The van der Waals surface area contributed by atoms with Crippen molar-refractivity contribution in [1.29, 1.82) is 0 Å². The summed E-state index contributed by atoms with van der Waals surface area (Å²) in [7, 11) is -4.63. The highest BCUT2D eigenvalue weighted by atomic mass is 32.1. The first-order valence-corrected chi connectivity index (χ1v) is 25.7. The van der Waals surface area contributed by atoms with Crippen molar-refractivity contribution in [2.45, 2.75) is 141 Å². The van der Waals surface area contributed by atoms with Gasteiger partial charge in [0.15, 0.2) is 11.6 Å². The van der Waals surface area contributed by atoms with Gasteiger partial charge < -0.3 is 56.8 Å². The third-order valence-corrected chi connectivity index (χ3v) is 12.8. The number of aromatic nitrogens is 2. The van der Waals surface area contributed by atoms with E-state index < -0.39 is 85.6 Å². The first-order valence-electron chi connectivity index (χ1n) is 23.6. The van der Waals surface area contributed by atoms with E-state index in [1.807, 2.05) is 13.8 Å². The van der Waals surface area contributed by atoms with Crippen LogP contribution in [0.15, 0.2) is 12.5 Å². The second kappa shape index (κ2) is 32.9. The number of H-pyrrole nitrogens is 1. The lowest BCUT2D eigenvalue weighted by molar-refractivity contribution is -0.140. The molecule has 1 aliphatic heterocycles. The summed E-state index contributed by atoms with van der Waals surface area (Å²) in [5, 5.41) is 17.0. The van der Waals surface area contributed by atoms with Crippen LogP contribution in [0, 0.1) is 17.8 Å². The van der Waals surface area contributed by atoms with Crippen LogP contribution in [0.4, 0.5) is 0 Å². The van der Waals surface area contributed by atoms with Gasteiger partial charge in [-0.25, -0.2) is 9.55 Å². The number of aliphatic hydroxyl groups is 1. The number of carbonyl (C=O) groups is 7. The van der Waals surface area contributed by atoms with E-state index in [1.54, 1.807) is 0 Å². The topological polar surface area (TPSA) is 334 Å². The average Bonchev–Trinajstić information content (AvgIpc) is 4.00. The number of carbonyl (C=O) groups excluding carboxylic acids is 7. The number of primary amides is 1. The lowest BCUT2D eigenvalue weighted by atomic mass is 9.89. The third-order valence-electron chi connectivity index (χ3n) is 11.3. The maximum Gasteiger partial charge on any atom is 0.472 e. The number of aliphatic hydroxyl groups excluding tert-OH is 1. The number of hydrogen-bond donors (Lipinski definition) is 9. The first kappa shape index (κ1) is 60.3. The van der Waals surface area contributed by atoms with Crippen molar-refractivity contribution in [2.24, 2.45) is 29.2 Å². The maximum absolute atomic E-state index is 14.1. The van der Waals surface area contributed by atoms with Crippen LogP contribution >= 0.6 is 20.5 Å². The monoisotopic (exact) mass is 1000 g/mol. The standard InChI is InChI=1S/C44H77N8O14PS/c1-29(2)22-36(51-44(60)37-12-11-15-52(37)40(56)13-18-63-20-21-64-19-14-48-43(59)35(45)27-68)39(55)24-32(23-33-26-47-28-49-33)42(58)50-30(3)38(54)25-34(41(46)57)31(4)66-67(61,62)65-17-10-8-6-5-7-9-16-53/h26,28-32,34-37,53,68H,5-25,27,45H2,1-4H3,(H2,46,57)(H,47,49)(H,48,59)(H,50,58)(H,51,60)(H,61,62)/t30-,31+,32+,34-,35-,36-,37?/m0/s1. The molecule has 2 heterocycles. The molecule has 1 aromatic rings. The summed E-state index contributed by atoms with van der Waals surface area (Å²) >= 11 is 3.99. The van der Waals surface area contributed by atoms with E-state index in [0.717, 1.165) is 25.7 Å². The molecule has 68 heavy (non-hydrogen) atoms. The molecule has 0 radical (unpaired) electrons. The Kier molecular flexibility index (Phi) is 29.2. The van der Waals surface area contributed by atoms with Crippen LogP contribution in [0.1, 0.15) is 110 Å². The zero-order valence-corrected chi connectivity index (χ0v) is 41.9. The van der Waals surface area contributed by atoms with E-state index in [4.69, 9.17) is 35.1 Å². The van der Waals surface area contributed by atoms with Gasteiger partial charge in [-0.2, -0.15) is 12.6 Å². The van der Waals surface area contributed by atoms with Crippen molar-refractivity contribution in [1.82, 2.24) is 30.8 Å². The number of Topliss-reactive ketones (excluding diaryl/α,β-unsaturated/α-hetero) is 2. The third kappa shape index (κ3) is 23.7. The SMILES string of the molecule is CC(C)C[C@H](NC(=O)C1CCCN1C(=O)CCOCCOCCNC(=O)[C@@H](N)CS)C(=O)C[C@@H](Cc1cnc[nH]1)C(=O)N[C@@H](C)C(=O)C[C@H](C(N)=O)[C@@H](C)OP(=O)(O)OCCCCCCCCO. The normalized spacial score (nSPS) is 17.4. The van der Waals surface area contributed by atoms with Crippen molar-refractivity contribution >= 4 is 61.6 Å². The smallest absolute Gasteiger partial charge is 0.396 e. The molecule has 0 aliphatic carbocycles. The highest BCUT2D eigenvalue weighted by molar-refractivity contribution is 7.80. The summed E-state index contributed by atoms with van der Waals surface area (Å²) in [4.78, 5) is 111. The number of ketones is 2. The number of imidazole rings is 1. The van der Waals surface area contributed by atoms with Crippen LogP contribution in [0.5, 0.6) is 0 Å². The molecule has 0 aromatic carbocycles. The maximum atomic E-state index is 14.1. The van der Waals surface area contributed by atoms with E-state index in [1.165, 1.54) is 31.3 Å². The Labute approximate surface area is 405 Å². The highest BCUT2D eigenvalue weighted by Crippen LogP contribution is 2.46. The summed E-state index contributed by atoms with van der Waals surface area (Å²) in [5.74, 6) is -6.01. The van der Waals surface area contributed by atoms with Crippen LogP contribution in [0.25, 0.3) is 0 Å². The number of unbranched alkanes of at least 4 members (excludes halogenated alkanes) is 5. The minimum Gasteiger partial charge on any atom is -0.396 e. The molecule has 1 saturated heterocycles. The number of ether oxygens (including phenoxy) is 2. The number of nitrogens with one attached hydrogen (secondary N) is 4. The van der Waals surface area contributed by atoms with Crippen LogP contribution < -0.4 is 27.4 Å². The summed E-state index contributed by atoms with van der Waals surface area (Å²) in [6, 6.07) is -3.70. The molecule has 22 nitrogen and oxygen atoms in total. The van der Waals surface area contributed by atoms with Gasteiger partial charge >= 0.3 is 7.82 Å². The molecule has 1 fully saturated rings. The molecule has 10 N–H and O–H groups in total. The van der Waals surface area contributed by atoms with Gasteiger partial charge in [0.05, 0.1) is 81.8 Å². The Morgan fingerprint density at radius 1 is 0.926 bits per heavy atom. The van der Waals surface area contributed by atoms with Crippen LogP contribution in [0.3, 0.4) is 0 Å². The van der Waals surface area contributed by atoms with Crippen LogP contribution in [-0.4, -0.2) is 155 Å². The van der Waals surface area contributed by atoms with E-state index in [2.05, 4.69) is 38.5 Å². The second-order valence-electron chi connectivity index (χ2n) is 17.5. The minimum absolute atomic E-state index is 0.0193.